The summed E-state index contributed by atoms with van der Waals surface area (Å²) in [5, 5.41) is 3.99. The van der Waals surface area contributed by atoms with Crippen molar-refractivity contribution in [3.05, 3.63) is 52.7 Å². The molecule has 0 atom stereocenters. The Morgan fingerprint density at radius 2 is 1.91 bits per heavy atom. The fraction of sp³-hybridized carbons (Fsp3) is 0.353. The Morgan fingerprint density at radius 1 is 1.17 bits per heavy atom. The zero-order chi connectivity index (χ0) is 16.7. The first kappa shape index (κ1) is 17.7. The lowest BCUT2D eigenvalue weighted by atomic mass is 10.2. The van der Waals surface area contributed by atoms with Gasteiger partial charge in [0, 0.05) is 19.5 Å². The van der Waals surface area contributed by atoms with Gasteiger partial charge in [-0.15, -0.1) is 0 Å². The maximum absolute atomic E-state index is 12.4. The molecule has 2 aromatic rings. The van der Waals surface area contributed by atoms with Crippen molar-refractivity contribution in [1.82, 2.24) is 4.90 Å². The first-order valence-electron chi connectivity index (χ1n) is 7.59. The first-order valence-corrected chi connectivity index (χ1v) is 10.2. The van der Waals surface area contributed by atoms with Crippen LogP contribution in [0, 0.1) is 0 Å². The normalized spacial score (nSPS) is 11.3. The van der Waals surface area contributed by atoms with E-state index in [0.29, 0.717) is 13.1 Å². The summed E-state index contributed by atoms with van der Waals surface area (Å²) in [6, 6.07) is 10.3. The van der Waals surface area contributed by atoms with Crippen LogP contribution in [0.4, 0.5) is 0 Å². The van der Waals surface area contributed by atoms with E-state index in [0.717, 1.165) is 12.0 Å². The molecule has 0 bridgehead atoms. The number of rotatable bonds is 8. The van der Waals surface area contributed by atoms with E-state index in [1.54, 1.807) is 46.6 Å². The van der Waals surface area contributed by atoms with Crippen LogP contribution in [0.2, 0.25) is 0 Å². The summed E-state index contributed by atoms with van der Waals surface area (Å²) in [5.74, 6) is -0.266. The van der Waals surface area contributed by atoms with E-state index >= 15 is 0 Å². The lowest BCUT2D eigenvalue weighted by Crippen LogP contribution is -2.32. The molecule has 0 saturated heterocycles. The second-order valence-electron chi connectivity index (χ2n) is 5.33. The van der Waals surface area contributed by atoms with Gasteiger partial charge in [-0.2, -0.15) is 11.3 Å². The number of hydrogen-bond donors (Lipinski definition) is 0. The van der Waals surface area contributed by atoms with E-state index in [9.17, 15) is 13.2 Å². The van der Waals surface area contributed by atoms with Crippen LogP contribution < -0.4 is 0 Å². The van der Waals surface area contributed by atoms with Crippen molar-refractivity contribution < 1.29 is 13.2 Å². The summed E-state index contributed by atoms with van der Waals surface area (Å²) in [5.41, 5.74) is 1.09. The number of carbonyl (C=O) groups is 1. The van der Waals surface area contributed by atoms with Gasteiger partial charge in [0.05, 0.1) is 10.6 Å². The molecule has 1 amide bonds. The van der Waals surface area contributed by atoms with E-state index in [-0.39, 0.29) is 23.0 Å². The summed E-state index contributed by atoms with van der Waals surface area (Å²) in [4.78, 5) is 14.4. The molecule has 0 saturated carbocycles. The number of amides is 1. The van der Waals surface area contributed by atoms with E-state index in [4.69, 9.17) is 0 Å². The minimum absolute atomic E-state index is 0.0152. The largest absolute Gasteiger partial charge is 0.338 e. The number of nitrogens with zero attached hydrogens (tertiary/aromatic N) is 1. The molecule has 4 nitrogen and oxygen atoms in total. The smallest absolute Gasteiger partial charge is 0.223 e. The highest BCUT2D eigenvalue weighted by molar-refractivity contribution is 7.91. The molecule has 0 unspecified atom stereocenters. The summed E-state index contributed by atoms with van der Waals surface area (Å²) < 4.78 is 24.5. The Kier molecular flexibility index (Phi) is 6.36. The fourth-order valence-electron chi connectivity index (χ4n) is 2.29. The number of benzene rings is 1. The van der Waals surface area contributed by atoms with Crippen molar-refractivity contribution >= 4 is 27.1 Å². The van der Waals surface area contributed by atoms with Gasteiger partial charge in [-0.05, 0) is 40.9 Å². The van der Waals surface area contributed by atoms with Crippen molar-refractivity contribution in [2.45, 2.75) is 31.2 Å². The second-order valence-corrected chi connectivity index (χ2v) is 8.22. The predicted octanol–water partition coefficient (Wildman–Crippen LogP) is 3.35. The third kappa shape index (κ3) is 5.18. The van der Waals surface area contributed by atoms with Gasteiger partial charge in [-0.1, -0.05) is 25.1 Å². The average Bonchev–Trinajstić information content (AvgIpc) is 3.06. The number of hydrogen-bond acceptors (Lipinski definition) is 4. The molecule has 2 rings (SSSR count). The minimum atomic E-state index is -3.41. The van der Waals surface area contributed by atoms with Crippen LogP contribution in [0.1, 0.15) is 25.3 Å². The number of carbonyl (C=O) groups excluding carboxylic acids is 1. The Morgan fingerprint density at radius 3 is 2.52 bits per heavy atom. The molecular formula is C17H21NO3S2. The molecule has 0 radical (unpaired) electrons. The van der Waals surface area contributed by atoms with Gasteiger partial charge >= 0.3 is 0 Å². The Labute approximate surface area is 141 Å². The number of sulfone groups is 1. The monoisotopic (exact) mass is 351 g/mol. The number of thiophene rings is 1. The molecule has 0 aliphatic carbocycles. The van der Waals surface area contributed by atoms with Crippen molar-refractivity contribution in [1.29, 1.82) is 0 Å². The summed E-state index contributed by atoms with van der Waals surface area (Å²) in [6.45, 7) is 3.19. The SMILES string of the molecule is CCCN(Cc1ccsc1)C(=O)CCS(=O)(=O)c1ccccc1. The lowest BCUT2D eigenvalue weighted by molar-refractivity contribution is -0.131. The van der Waals surface area contributed by atoms with E-state index in [1.807, 2.05) is 23.8 Å². The highest BCUT2D eigenvalue weighted by atomic mass is 32.2. The molecule has 0 spiro atoms. The molecule has 0 aliphatic heterocycles. The third-order valence-electron chi connectivity index (χ3n) is 3.49. The first-order chi connectivity index (χ1) is 11.0. The molecule has 1 heterocycles. The van der Waals surface area contributed by atoms with Crippen LogP contribution in [0.5, 0.6) is 0 Å². The van der Waals surface area contributed by atoms with Crippen LogP contribution in [0.3, 0.4) is 0 Å². The maximum atomic E-state index is 12.4. The van der Waals surface area contributed by atoms with Gasteiger partial charge in [-0.3, -0.25) is 4.79 Å². The van der Waals surface area contributed by atoms with Gasteiger partial charge in [0.1, 0.15) is 0 Å². The van der Waals surface area contributed by atoms with Crippen LogP contribution in [-0.4, -0.2) is 31.5 Å². The molecule has 6 heteroatoms. The third-order valence-corrected chi connectivity index (χ3v) is 5.95. The molecule has 23 heavy (non-hydrogen) atoms. The zero-order valence-corrected chi connectivity index (χ0v) is 14.8. The van der Waals surface area contributed by atoms with Crippen LogP contribution in [-0.2, 0) is 21.2 Å². The predicted molar refractivity (Wildman–Crippen MR) is 93.1 cm³/mol. The van der Waals surface area contributed by atoms with Crippen molar-refractivity contribution in [2.24, 2.45) is 0 Å². The summed E-state index contributed by atoms with van der Waals surface area (Å²) in [7, 11) is -3.41. The average molecular weight is 351 g/mol. The second kappa shape index (κ2) is 8.26. The van der Waals surface area contributed by atoms with E-state index < -0.39 is 9.84 Å². The van der Waals surface area contributed by atoms with Crippen LogP contribution >= 0.6 is 11.3 Å². The van der Waals surface area contributed by atoms with E-state index in [2.05, 4.69) is 0 Å². The fourth-order valence-corrected chi connectivity index (χ4v) is 4.20. The summed E-state index contributed by atoms with van der Waals surface area (Å²) >= 11 is 1.59. The molecule has 124 valence electrons. The highest BCUT2D eigenvalue weighted by Gasteiger charge is 2.19. The lowest BCUT2D eigenvalue weighted by Gasteiger charge is -2.21. The quantitative estimate of drug-likeness (QED) is 0.733. The zero-order valence-electron chi connectivity index (χ0n) is 13.1. The molecule has 0 N–H and O–H groups in total. The van der Waals surface area contributed by atoms with Gasteiger partial charge in [0.25, 0.3) is 0 Å². The molecule has 0 aliphatic rings. The van der Waals surface area contributed by atoms with Crippen molar-refractivity contribution in [2.75, 3.05) is 12.3 Å². The minimum Gasteiger partial charge on any atom is -0.338 e. The molecular weight excluding hydrogens is 330 g/mol. The van der Waals surface area contributed by atoms with E-state index in [1.165, 1.54) is 0 Å². The summed E-state index contributed by atoms with van der Waals surface area (Å²) in [6.07, 6.45) is 0.864. The molecule has 1 aromatic carbocycles. The van der Waals surface area contributed by atoms with Crippen molar-refractivity contribution in [3.63, 3.8) is 0 Å². The van der Waals surface area contributed by atoms with Gasteiger partial charge < -0.3 is 4.90 Å². The van der Waals surface area contributed by atoms with Gasteiger partial charge in [-0.25, -0.2) is 8.42 Å². The maximum Gasteiger partial charge on any atom is 0.223 e. The standard InChI is InChI=1S/C17H21NO3S2/c1-2-10-18(13-15-8-11-22-14-15)17(19)9-12-23(20,21)16-6-4-3-5-7-16/h3-8,11,14H,2,9-10,12-13H2,1H3. The Balaban J connectivity index is 1.98. The topological polar surface area (TPSA) is 54.5 Å². The Hall–Kier alpha value is -1.66. The van der Waals surface area contributed by atoms with Crippen LogP contribution in [0.25, 0.3) is 0 Å². The van der Waals surface area contributed by atoms with Crippen LogP contribution in [0.15, 0.2) is 52.1 Å². The molecule has 0 fully saturated rings. The molecule has 1 aromatic heterocycles. The highest BCUT2D eigenvalue weighted by Crippen LogP contribution is 2.14. The van der Waals surface area contributed by atoms with Gasteiger partial charge in [0.15, 0.2) is 9.84 Å². The van der Waals surface area contributed by atoms with Gasteiger partial charge in [0.2, 0.25) is 5.91 Å². The Bertz CT molecular complexity index is 710. The van der Waals surface area contributed by atoms with Crippen molar-refractivity contribution in [3.8, 4) is 0 Å².